The van der Waals surface area contributed by atoms with E-state index in [4.69, 9.17) is 5.11 Å². The quantitative estimate of drug-likeness (QED) is 0.198. The van der Waals surface area contributed by atoms with Gasteiger partial charge in [-0.15, -0.1) is 0 Å². The molecule has 0 bridgehead atoms. The van der Waals surface area contributed by atoms with Crippen LogP contribution in [0.3, 0.4) is 0 Å². The van der Waals surface area contributed by atoms with Gasteiger partial charge in [0.1, 0.15) is 0 Å². The Bertz CT molecular complexity index is 299. The van der Waals surface area contributed by atoms with Crippen molar-refractivity contribution < 1.29 is 66.4 Å². The van der Waals surface area contributed by atoms with Crippen LogP contribution in [0.15, 0.2) is 29.4 Å². The van der Waals surface area contributed by atoms with Crippen LogP contribution in [0.2, 0.25) is 0 Å². The van der Waals surface area contributed by atoms with Crippen molar-refractivity contribution in [3.8, 4) is 0 Å². The van der Waals surface area contributed by atoms with Crippen LogP contribution in [0, 0.1) is 0 Å². The molecule has 0 unspecified atom stereocenters. The predicted octanol–water partition coefficient (Wildman–Crippen LogP) is -0.736. The number of hydrogen-bond donors (Lipinski definition) is 1. The third-order valence-corrected chi connectivity index (χ3v) is 2.15. The number of carboxylic acids is 1. The smallest absolute Gasteiger partial charge is 0.859 e. The molecule has 5 heteroatoms. The molecule has 0 aromatic carbocycles. The minimum Gasteiger partial charge on any atom is -0.859 e. The second-order valence-electron chi connectivity index (χ2n) is 3.73. The van der Waals surface area contributed by atoms with E-state index in [1.54, 1.807) is 0 Å². The maximum Gasteiger partial charge on any atom is 1.00 e. The van der Waals surface area contributed by atoms with Crippen LogP contribution in [-0.4, -0.2) is 17.0 Å². The Hall–Kier alpha value is 0.0564. The molecule has 1 N–H and O–H groups in total. The second kappa shape index (κ2) is 15.1. The molecule has 0 amide bonds. The number of carboxylic acid groups (broad SMARTS) is 1. The number of rotatable bonds is 9. The molecule has 0 heterocycles. The Balaban J connectivity index is 0. The van der Waals surface area contributed by atoms with Crippen LogP contribution in [0.5, 0.6) is 0 Å². The van der Waals surface area contributed by atoms with Gasteiger partial charge in [0.25, 0.3) is 0 Å². The molecular weight excluding hydrogens is 257 g/mol. The van der Waals surface area contributed by atoms with Gasteiger partial charge in [0.15, 0.2) is 0 Å². The predicted molar refractivity (Wildman–Crippen MR) is 66.7 cm³/mol. The molecule has 0 atom stereocenters. The monoisotopic (exact) mass is 277 g/mol. The zero-order valence-electron chi connectivity index (χ0n) is 11.3. The van der Waals surface area contributed by atoms with E-state index in [-0.39, 0.29) is 51.4 Å². The molecule has 0 radical (unpaired) electrons. The first-order valence-electron chi connectivity index (χ1n) is 5.97. The Morgan fingerprint density at radius 3 is 2.50 bits per heavy atom. The molecule has 0 spiro atoms. The Labute approximate surface area is 151 Å². The zero-order chi connectivity index (χ0) is 12.9. The first-order valence-corrected chi connectivity index (χ1v) is 5.97. The average molecular weight is 277 g/mol. The molecule has 0 fully saturated rings. The van der Waals surface area contributed by atoms with Gasteiger partial charge < -0.3 is 10.2 Å². The first-order chi connectivity index (χ1) is 8.16. The summed E-state index contributed by atoms with van der Waals surface area (Å²) in [7, 11) is 0. The van der Waals surface area contributed by atoms with Crippen molar-refractivity contribution >= 4 is 11.9 Å². The van der Waals surface area contributed by atoms with Crippen LogP contribution in [0.4, 0.5) is 0 Å². The van der Waals surface area contributed by atoms with E-state index in [9.17, 15) is 9.90 Å². The molecule has 0 rings (SSSR count). The van der Waals surface area contributed by atoms with Crippen molar-refractivity contribution in [3.63, 3.8) is 0 Å². The summed E-state index contributed by atoms with van der Waals surface area (Å²) >= 11 is 0. The third-order valence-electron chi connectivity index (χ3n) is 2.15. The maximum absolute atomic E-state index is 11.0. The molecule has 0 aliphatic carbocycles. The minimum absolute atomic E-state index is 0. The minimum atomic E-state index is -1.14. The Kier molecular flexibility index (Phi) is 17.1. The molecule has 0 aliphatic rings. The van der Waals surface area contributed by atoms with E-state index >= 15 is 0 Å². The van der Waals surface area contributed by atoms with Gasteiger partial charge in [-0.2, -0.15) is 0 Å². The van der Waals surface area contributed by atoms with Gasteiger partial charge in [-0.1, -0.05) is 38.7 Å². The summed E-state index contributed by atoms with van der Waals surface area (Å²) in [5, 5.41) is 19.2. The van der Waals surface area contributed by atoms with Crippen LogP contribution in [0.1, 0.15) is 45.4 Å². The largest absolute Gasteiger partial charge is 1.00 e. The number of carbonyl (C=O) groups is 1. The normalized spacial score (nSPS) is 11.9. The van der Waals surface area contributed by atoms with Crippen molar-refractivity contribution in [2.75, 3.05) is 0 Å². The van der Waals surface area contributed by atoms with E-state index in [1.165, 1.54) is 31.9 Å². The zero-order valence-corrected chi connectivity index (χ0v) is 14.4. The van der Waals surface area contributed by atoms with E-state index < -0.39 is 11.9 Å². The van der Waals surface area contributed by atoms with Gasteiger partial charge in [-0.3, -0.25) is 4.99 Å². The van der Waals surface area contributed by atoms with E-state index in [0.717, 1.165) is 25.0 Å². The number of nitrogens with zero attached hydrogens (tertiary/aromatic N) is 1. The molecular formula is C13H20KNO3. The standard InChI is InChI=1S/C13H21NO3.K/c1-2-3-4-5-6-7-8-11-14-12(15)9-10-13(16)17;/h8-11H,2-7H2,1H3,(H,14,15)(H,16,17);/q;+1/p-1/b10-9+,11-8+;. The SMILES string of the molecule is CCCCCCC/C=C/N=C([O-])/C=C/C(=O)O.[K+]. The molecule has 0 saturated heterocycles. The Morgan fingerprint density at radius 1 is 1.22 bits per heavy atom. The van der Waals surface area contributed by atoms with Gasteiger partial charge in [0.2, 0.25) is 0 Å². The third kappa shape index (κ3) is 16.1. The van der Waals surface area contributed by atoms with E-state index in [0.29, 0.717) is 0 Å². The van der Waals surface area contributed by atoms with E-state index in [2.05, 4.69) is 11.9 Å². The van der Waals surface area contributed by atoms with Crippen molar-refractivity contribution in [1.82, 2.24) is 0 Å². The number of aliphatic carboxylic acids is 1. The fourth-order valence-corrected chi connectivity index (χ4v) is 1.25. The number of allylic oxidation sites excluding steroid dienone is 1. The fourth-order valence-electron chi connectivity index (χ4n) is 1.25. The summed E-state index contributed by atoms with van der Waals surface area (Å²) in [5.74, 6) is -1.69. The van der Waals surface area contributed by atoms with Crippen LogP contribution in [0.25, 0.3) is 0 Å². The van der Waals surface area contributed by atoms with E-state index in [1.807, 2.05) is 6.08 Å². The average Bonchev–Trinajstić information content (AvgIpc) is 2.30. The molecule has 96 valence electrons. The van der Waals surface area contributed by atoms with Crippen LogP contribution in [-0.2, 0) is 4.79 Å². The molecule has 4 nitrogen and oxygen atoms in total. The molecule has 0 saturated carbocycles. The van der Waals surface area contributed by atoms with Gasteiger partial charge in [0.05, 0.1) is 0 Å². The summed E-state index contributed by atoms with van der Waals surface area (Å²) < 4.78 is 0. The van der Waals surface area contributed by atoms with Gasteiger partial charge >= 0.3 is 57.4 Å². The van der Waals surface area contributed by atoms with Crippen LogP contribution < -0.4 is 56.5 Å². The van der Waals surface area contributed by atoms with Crippen molar-refractivity contribution in [1.29, 1.82) is 0 Å². The molecule has 18 heavy (non-hydrogen) atoms. The number of aliphatic imine (C=N–C) groups is 1. The van der Waals surface area contributed by atoms with Gasteiger partial charge in [0, 0.05) is 12.3 Å². The summed E-state index contributed by atoms with van der Waals surface area (Å²) in [6, 6.07) is 0. The topological polar surface area (TPSA) is 72.7 Å². The van der Waals surface area contributed by atoms with Crippen molar-refractivity contribution in [3.05, 3.63) is 24.4 Å². The Morgan fingerprint density at radius 2 is 1.89 bits per heavy atom. The number of hydrogen-bond acceptors (Lipinski definition) is 3. The van der Waals surface area contributed by atoms with Crippen LogP contribution >= 0.6 is 0 Å². The summed E-state index contributed by atoms with van der Waals surface area (Å²) in [5.41, 5.74) is 0. The van der Waals surface area contributed by atoms with Gasteiger partial charge in [-0.25, -0.2) is 4.79 Å². The molecule has 0 aromatic heterocycles. The summed E-state index contributed by atoms with van der Waals surface area (Å²) in [4.78, 5) is 13.7. The van der Waals surface area contributed by atoms with Crippen molar-refractivity contribution in [2.45, 2.75) is 45.4 Å². The molecule has 0 aliphatic heterocycles. The second-order valence-corrected chi connectivity index (χ2v) is 3.73. The summed E-state index contributed by atoms with van der Waals surface area (Å²) in [6.45, 7) is 2.18. The summed E-state index contributed by atoms with van der Waals surface area (Å²) in [6.07, 6.45) is 12.0. The number of unbranched alkanes of at least 4 members (excludes halogenated alkanes) is 5. The van der Waals surface area contributed by atoms with Crippen molar-refractivity contribution in [2.24, 2.45) is 4.99 Å². The maximum atomic E-state index is 11.0. The van der Waals surface area contributed by atoms with Gasteiger partial charge in [-0.05, 0) is 24.8 Å². The first kappa shape index (κ1) is 20.4. The fraction of sp³-hybridized carbons (Fsp3) is 0.538. The molecule has 0 aromatic rings.